The molecule has 0 atom stereocenters. The third kappa shape index (κ3) is 6.38. The van der Waals surface area contributed by atoms with Crippen LogP contribution in [0.15, 0.2) is 6.20 Å². The van der Waals surface area contributed by atoms with Crippen LogP contribution in [0.1, 0.15) is 44.7 Å². The Kier molecular flexibility index (Phi) is 7.58. The van der Waals surface area contributed by atoms with Crippen LogP contribution in [-0.2, 0) is 13.1 Å². The summed E-state index contributed by atoms with van der Waals surface area (Å²) >= 11 is 0. The fourth-order valence-electron chi connectivity index (χ4n) is 1.65. The second kappa shape index (κ2) is 9.13. The molecule has 0 aliphatic carbocycles. The lowest BCUT2D eigenvalue weighted by Crippen LogP contribution is -2.14. The number of aliphatic hydroxyl groups excluding tert-OH is 1. The van der Waals surface area contributed by atoms with E-state index in [0.29, 0.717) is 0 Å². The summed E-state index contributed by atoms with van der Waals surface area (Å²) in [7, 11) is 0. The van der Waals surface area contributed by atoms with Gasteiger partial charge in [-0.3, -0.25) is 4.68 Å². The summed E-state index contributed by atoms with van der Waals surface area (Å²) in [5.41, 5.74) is 0.971. The van der Waals surface area contributed by atoms with Crippen LogP contribution in [0.5, 0.6) is 0 Å². The van der Waals surface area contributed by atoms with Crippen LogP contribution in [0.2, 0.25) is 0 Å². The first-order valence-electron chi connectivity index (χ1n) is 6.57. The van der Waals surface area contributed by atoms with Gasteiger partial charge in [-0.25, -0.2) is 0 Å². The van der Waals surface area contributed by atoms with Crippen molar-refractivity contribution in [2.75, 3.05) is 13.2 Å². The molecular formula is C12H24N4O. The van der Waals surface area contributed by atoms with Gasteiger partial charge in [-0.2, -0.15) is 0 Å². The molecule has 0 unspecified atom stereocenters. The van der Waals surface area contributed by atoms with Crippen LogP contribution in [0, 0.1) is 0 Å². The predicted molar refractivity (Wildman–Crippen MR) is 67.6 cm³/mol. The van der Waals surface area contributed by atoms with Gasteiger partial charge in [0.15, 0.2) is 0 Å². The molecule has 0 amide bonds. The minimum absolute atomic E-state index is 0.199. The van der Waals surface area contributed by atoms with Crippen LogP contribution in [0.4, 0.5) is 0 Å². The zero-order valence-corrected chi connectivity index (χ0v) is 10.7. The van der Waals surface area contributed by atoms with Crippen LogP contribution < -0.4 is 5.32 Å². The van der Waals surface area contributed by atoms with Crippen molar-refractivity contribution in [3.63, 3.8) is 0 Å². The van der Waals surface area contributed by atoms with Gasteiger partial charge in [0.1, 0.15) is 0 Å². The molecule has 0 aliphatic rings. The lowest BCUT2D eigenvalue weighted by molar-refractivity contribution is 0.276. The lowest BCUT2D eigenvalue weighted by atomic mass is 10.2. The number of nitrogens with one attached hydrogen (secondary N) is 1. The number of rotatable bonds is 10. The zero-order chi connectivity index (χ0) is 12.3. The molecule has 17 heavy (non-hydrogen) atoms. The Hall–Kier alpha value is -0.940. The molecule has 5 heteroatoms. The maximum absolute atomic E-state index is 8.70. The largest absolute Gasteiger partial charge is 0.396 e. The SMILES string of the molecule is CCCCCCNCc1cn(CCCO)nn1. The summed E-state index contributed by atoms with van der Waals surface area (Å²) in [6.45, 7) is 4.98. The molecule has 2 N–H and O–H groups in total. The van der Waals surface area contributed by atoms with E-state index in [2.05, 4.69) is 22.6 Å². The smallest absolute Gasteiger partial charge is 0.0964 e. The Morgan fingerprint density at radius 1 is 1.29 bits per heavy atom. The summed E-state index contributed by atoms with van der Waals surface area (Å²) in [5.74, 6) is 0. The average molecular weight is 240 g/mol. The highest BCUT2D eigenvalue weighted by molar-refractivity contribution is 4.91. The van der Waals surface area contributed by atoms with E-state index in [4.69, 9.17) is 5.11 Å². The van der Waals surface area contributed by atoms with E-state index in [-0.39, 0.29) is 6.61 Å². The van der Waals surface area contributed by atoms with E-state index in [9.17, 15) is 0 Å². The van der Waals surface area contributed by atoms with Gasteiger partial charge in [0.05, 0.1) is 5.69 Å². The molecule has 0 saturated carbocycles. The van der Waals surface area contributed by atoms with E-state index in [0.717, 1.165) is 31.7 Å². The maximum atomic E-state index is 8.70. The van der Waals surface area contributed by atoms with Crippen LogP contribution in [-0.4, -0.2) is 33.3 Å². The van der Waals surface area contributed by atoms with Gasteiger partial charge in [-0.1, -0.05) is 31.4 Å². The van der Waals surface area contributed by atoms with Gasteiger partial charge in [-0.15, -0.1) is 5.10 Å². The monoisotopic (exact) mass is 240 g/mol. The Labute approximate surface area is 103 Å². The second-order valence-corrected chi connectivity index (χ2v) is 4.29. The van der Waals surface area contributed by atoms with E-state index in [1.54, 1.807) is 4.68 Å². The third-order valence-corrected chi connectivity index (χ3v) is 2.64. The molecule has 1 aromatic heterocycles. The summed E-state index contributed by atoms with van der Waals surface area (Å²) < 4.78 is 1.78. The number of nitrogens with zero attached hydrogens (tertiary/aromatic N) is 3. The number of hydrogen-bond acceptors (Lipinski definition) is 4. The molecule has 0 bridgehead atoms. The lowest BCUT2D eigenvalue weighted by Gasteiger charge is -2.01. The van der Waals surface area contributed by atoms with Crippen molar-refractivity contribution in [1.29, 1.82) is 0 Å². The van der Waals surface area contributed by atoms with Gasteiger partial charge < -0.3 is 10.4 Å². The molecule has 0 spiro atoms. The second-order valence-electron chi connectivity index (χ2n) is 4.29. The molecule has 98 valence electrons. The van der Waals surface area contributed by atoms with Crippen LogP contribution in [0.3, 0.4) is 0 Å². The highest BCUT2D eigenvalue weighted by Crippen LogP contribution is 1.98. The van der Waals surface area contributed by atoms with Crippen molar-refractivity contribution < 1.29 is 5.11 Å². The van der Waals surface area contributed by atoms with Gasteiger partial charge in [0.2, 0.25) is 0 Å². The Bertz CT molecular complexity index is 288. The molecule has 0 aromatic carbocycles. The normalized spacial score (nSPS) is 10.9. The van der Waals surface area contributed by atoms with Gasteiger partial charge in [0, 0.05) is 25.9 Å². The zero-order valence-electron chi connectivity index (χ0n) is 10.7. The predicted octanol–water partition coefficient (Wildman–Crippen LogP) is 1.33. The number of aromatic nitrogens is 3. The fraction of sp³-hybridized carbons (Fsp3) is 0.833. The van der Waals surface area contributed by atoms with Crippen LogP contribution in [0.25, 0.3) is 0 Å². The molecule has 1 rings (SSSR count). The highest BCUT2D eigenvalue weighted by atomic mass is 16.3. The number of aliphatic hydroxyl groups is 1. The number of hydrogen-bond donors (Lipinski definition) is 2. The molecule has 0 radical (unpaired) electrons. The summed E-state index contributed by atoms with van der Waals surface area (Å²) in [4.78, 5) is 0. The maximum Gasteiger partial charge on any atom is 0.0964 e. The van der Waals surface area contributed by atoms with E-state index in [1.165, 1.54) is 25.7 Å². The fourth-order valence-corrected chi connectivity index (χ4v) is 1.65. The van der Waals surface area contributed by atoms with Crippen molar-refractivity contribution in [2.24, 2.45) is 0 Å². The first kappa shape index (κ1) is 14.1. The molecule has 1 aromatic rings. The van der Waals surface area contributed by atoms with Gasteiger partial charge in [-0.05, 0) is 19.4 Å². The Morgan fingerprint density at radius 3 is 2.94 bits per heavy atom. The summed E-state index contributed by atoms with van der Waals surface area (Å²) in [5, 5.41) is 20.1. The third-order valence-electron chi connectivity index (χ3n) is 2.64. The summed E-state index contributed by atoms with van der Waals surface area (Å²) in [6, 6.07) is 0. The highest BCUT2D eigenvalue weighted by Gasteiger charge is 1.99. The van der Waals surface area contributed by atoms with Gasteiger partial charge in [0.25, 0.3) is 0 Å². The molecule has 5 nitrogen and oxygen atoms in total. The Balaban J connectivity index is 2.08. The molecule has 0 aliphatic heterocycles. The molecule has 0 fully saturated rings. The van der Waals surface area contributed by atoms with Crippen LogP contribution >= 0.6 is 0 Å². The van der Waals surface area contributed by atoms with Crippen molar-refractivity contribution in [1.82, 2.24) is 20.3 Å². The van der Waals surface area contributed by atoms with Crippen molar-refractivity contribution in [2.45, 2.75) is 52.1 Å². The molecule has 0 saturated heterocycles. The van der Waals surface area contributed by atoms with E-state index in [1.807, 2.05) is 6.20 Å². The quantitative estimate of drug-likeness (QED) is 0.606. The molecular weight excluding hydrogens is 216 g/mol. The topological polar surface area (TPSA) is 63.0 Å². The van der Waals surface area contributed by atoms with Crippen molar-refractivity contribution in [3.8, 4) is 0 Å². The average Bonchev–Trinajstić information content (AvgIpc) is 2.79. The number of unbranched alkanes of at least 4 members (excludes halogenated alkanes) is 3. The molecule has 1 heterocycles. The first-order valence-corrected chi connectivity index (χ1v) is 6.57. The van der Waals surface area contributed by atoms with E-state index >= 15 is 0 Å². The van der Waals surface area contributed by atoms with Crippen molar-refractivity contribution in [3.05, 3.63) is 11.9 Å². The van der Waals surface area contributed by atoms with Gasteiger partial charge >= 0.3 is 0 Å². The standard InChI is InChI=1S/C12H24N4O/c1-2-3-4-5-7-13-10-12-11-16(15-14-12)8-6-9-17/h11,13,17H,2-10H2,1H3. The first-order chi connectivity index (χ1) is 8.36. The van der Waals surface area contributed by atoms with Crippen molar-refractivity contribution >= 4 is 0 Å². The van der Waals surface area contributed by atoms with E-state index < -0.39 is 0 Å². The summed E-state index contributed by atoms with van der Waals surface area (Å²) in [6.07, 6.45) is 7.79. The number of aryl methyl sites for hydroxylation is 1. The minimum Gasteiger partial charge on any atom is -0.396 e. The Morgan fingerprint density at radius 2 is 2.18 bits per heavy atom. The minimum atomic E-state index is 0.199.